The van der Waals surface area contributed by atoms with Crippen molar-refractivity contribution in [3.05, 3.63) is 103 Å². The van der Waals surface area contributed by atoms with Crippen molar-refractivity contribution in [3.63, 3.8) is 0 Å². The second-order valence-electron chi connectivity index (χ2n) is 20.4. The smallest absolute Gasteiger partial charge is 0.234 e. The summed E-state index contributed by atoms with van der Waals surface area (Å²) < 4.78 is 1.98. The van der Waals surface area contributed by atoms with E-state index in [1.54, 1.807) is 17.5 Å². The van der Waals surface area contributed by atoms with Crippen LogP contribution in [0.1, 0.15) is 63.4 Å². The van der Waals surface area contributed by atoms with Gasteiger partial charge in [0.25, 0.3) is 0 Å². The van der Waals surface area contributed by atoms with Gasteiger partial charge >= 0.3 is 0 Å². The van der Waals surface area contributed by atoms with Crippen LogP contribution < -0.4 is 16.0 Å². The van der Waals surface area contributed by atoms with Gasteiger partial charge in [-0.3, -0.25) is 24.4 Å². The zero-order valence-electron chi connectivity index (χ0n) is 45.4. The number of anilines is 3. The van der Waals surface area contributed by atoms with Crippen LogP contribution in [0.5, 0.6) is 0 Å². The topological polar surface area (TPSA) is 227 Å². The number of terminal acetylenes is 3. The van der Waals surface area contributed by atoms with Crippen LogP contribution >= 0.6 is 11.3 Å². The Hall–Kier alpha value is -9.45. The summed E-state index contributed by atoms with van der Waals surface area (Å²) in [4.78, 5) is 79.5. The number of carbonyl (C=O) groups excluding carboxylic acids is 3. The van der Waals surface area contributed by atoms with Gasteiger partial charge in [0.15, 0.2) is 0 Å². The first-order valence-corrected chi connectivity index (χ1v) is 28.1. The van der Waals surface area contributed by atoms with Crippen LogP contribution in [-0.4, -0.2) is 139 Å². The molecule has 412 valence electrons. The van der Waals surface area contributed by atoms with Gasteiger partial charge < -0.3 is 50.2 Å². The average Bonchev–Trinajstić information content (AvgIpc) is 4.53. The zero-order valence-corrected chi connectivity index (χ0v) is 46.2. The van der Waals surface area contributed by atoms with Gasteiger partial charge in [-0.25, -0.2) is 19.9 Å². The molecule has 3 saturated heterocycles. The van der Waals surface area contributed by atoms with Crippen molar-refractivity contribution in [1.29, 1.82) is 0 Å². The average molecular weight is 1100 g/mol. The number of nitrogens with zero attached hydrogens (tertiary/aromatic N) is 10. The molecule has 20 heteroatoms. The highest BCUT2D eigenvalue weighted by molar-refractivity contribution is 7.13. The second kappa shape index (κ2) is 25.6. The van der Waals surface area contributed by atoms with E-state index in [0.29, 0.717) is 19.6 Å². The van der Waals surface area contributed by atoms with E-state index in [4.69, 9.17) is 19.3 Å². The first-order chi connectivity index (χ1) is 39.6. The monoisotopic (exact) mass is 1100 g/mol. The quantitative estimate of drug-likeness (QED) is 0.0631. The van der Waals surface area contributed by atoms with E-state index < -0.39 is 0 Å². The number of pyridine rings is 4. The molecule has 3 aliphatic rings. The van der Waals surface area contributed by atoms with Crippen molar-refractivity contribution in [2.45, 2.75) is 82.8 Å². The third-order valence-electron chi connectivity index (χ3n) is 14.8. The first kappa shape index (κ1) is 54.9. The molecule has 0 radical (unpaired) electrons. The predicted octanol–water partition coefficient (Wildman–Crippen LogP) is 8.86. The summed E-state index contributed by atoms with van der Waals surface area (Å²) in [7, 11) is 1.97. The molecule has 3 atom stereocenters. The molecule has 9 aromatic rings. The van der Waals surface area contributed by atoms with Gasteiger partial charge in [-0.2, -0.15) is 0 Å². The number of hydrogen-bond donors (Lipinski definition) is 6. The Morgan fingerprint density at radius 2 is 1.06 bits per heavy atom. The highest BCUT2D eigenvalue weighted by Crippen LogP contribution is 2.38. The second-order valence-corrected chi connectivity index (χ2v) is 21.3. The van der Waals surface area contributed by atoms with Crippen molar-refractivity contribution in [1.82, 2.24) is 64.1 Å². The largest absolute Gasteiger partial charge is 0.379 e. The fourth-order valence-corrected chi connectivity index (χ4v) is 11.5. The van der Waals surface area contributed by atoms with E-state index in [-0.39, 0.29) is 55.1 Å². The molecule has 0 aliphatic carbocycles. The van der Waals surface area contributed by atoms with E-state index in [2.05, 4.69) is 91.6 Å². The lowest BCUT2D eigenvalue weighted by Crippen LogP contribution is -2.45. The summed E-state index contributed by atoms with van der Waals surface area (Å²) in [5.41, 5.74) is 12.3. The first-order valence-electron chi connectivity index (χ1n) is 27.2. The zero-order chi connectivity index (χ0) is 56.2. The minimum absolute atomic E-state index is 0.0230. The number of carbonyl (C=O) groups is 3. The van der Waals surface area contributed by atoms with Gasteiger partial charge in [0, 0.05) is 154 Å². The Kier molecular flexibility index (Phi) is 17.3. The SMILES string of the molecule is C#CCC(=O)N1CCC[C@@H](Nc2c(-c3cc(C)ccn3)cnc3[nH]ccc23)C1.C#CCC(=O)N1CCC[C@@H](Nc2c(-c3cncs3)cnc3[nH]ccc23)C1.C#CCC(=O)N1CCC[C@@H](Nc2c(-c3nccn3C)cnc3[nH]ccc23)C1. The van der Waals surface area contributed by atoms with E-state index in [0.717, 1.165) is 147 Å². The van der Waals surface area contributed by atoms with Gasteiger partial charge in [-0.15, -0.1) is 30.6 Å². The van der Waals surface area contributed by atoms with Crippen LogP contribution in [0.15, 0.2) is 97.8 Å². The lowest BCUT2D eigenvalue weighted by atomic mass is 10.0. The van der Waals surface area contributed by atoms with Gasteiger partial charge in [0.2, 0.25) is 17.7 Å². The molecule has 3 fully saturated rings. The number of imidazole rings is 1. The molecular formula is C61H64N16O3S. The van der Waals surface area contributed by atoms with Crippen LogP contribution in [0.2, 0.25) is 0 Å². The van der Waals surface area contributed by atoms with Crippen molar-refractivity contribution < 1.29 is 14.4 Å². The van der Waals surface area contributed by atoms with E-state index in [9.17, 15) is 14.4 Å². The number of H-pyrrole nitrogens is 3. The number of amides is 3. The number of hydrogen-bond acceptors (Lipinski definition) is 13. The molecule has 0 saturated carbocycles. The molecule has 19 nitrogen and oxygen atoms in total. The molecule has 0 unspecified atom stereocenters. The molecule has 6 N–H and O–H groups in total. The Balaban J connectivity index is 0.000000136. The summed E-state index contributed by atoms with van der Waals surface area (Å²) >= 11 is 1.59. The van der Waals surface area contributed by atoms with Gasteiger partial charge in [-0.05, 0) is 81.3 Å². The maximum Gasteiger partial charge on any atom is 0.234 e. The third-order valence-corrected chi connectivity index (χ3v) is 15.6. The minimum atomic E-state index is 0.0230. The Morgan fingerprint density at radius 3 is 1.49 bits per heavy atom. The molecule has 3 aliphatic heterocycles. The lowest BCUT2D eigenvalue weighted by molar-refractivity contribution is -0.131. The van der Waals surface area contributed by atoms with Gasteiger partial charge in [-0.1, -0.05) is 17.8 Å². The third kappa shape index (κ3) is 12.7. The summed E-state index contributed by atoms with van der Waals surface area (Å²) in [6, 6.07) is 10.6. The standard InChI is InChI=1S/C22H23N5O.C20H22N6O.C19H19N5OS/c1-3-5-20(28)27-11-4-6-16(14-27)26-21-17-8-10-24-22(17)25-13-18(21)19-12-15(2)7-9-23-19;1-3-5-17(27)26-10-4-6-14(13-26)24-18-15-7-8-21-19(15)23-12-16(18)20-22-9-11-25(20)2;1-2-4-17(25)24-8-3-5-13(11-24)23-18-14-6-7-21-19(14)22-9-15(18)16-10-20-12-26-16/h1,7-10,12-13,16H,4-6,11,14H2,2H3,(H2,24,25,26);1,7-9,11-12,14H,4-6,10,13H2,2H3,(H2,21,23,24);1,6-7,9-10,12-13H,3-5,8,11H2,(H2,21,22,23)/t16-;14-;13-/m111/s1. The Bertz CT molecular complexity index is 3800. The van der Waals surface area contributed by atoms with Crippen molar-refractivity contribution in [2.75, 3.05) is 55.2 Å². The molecule has 0 aromatic carbocycles. The molecule has 9 aromatic heterocycles. The molecule has 0 bridgehead atoms. The molecule has 81 heavy (non-hydrogen) atoms. The van der Waals surface area contributed by atoms with E-state index >= 15 is 0 Å². The Labute approximate surface area is 474 Å². The van der Waals surface area contributed by atoms with Crippen LogP contribution in [0.4, 0.5) is 17.1 Å². The predicted molar refractivity (Wildman–Crippen MR) is 320 cm³/mol. The van der Waals surface area contributed by atoms with Crippen molar-refractivity contribution in [3.8, 4) is 70.1 Å². The Morgan fingerprint density at radius 1 is 0.605 bits per heavy atom. The van der Waals surface area contributed by atoms with Crippen LogP contribution in [0.3, 0.4) is 0 Å². The number of likely N-dealkylation sites (tertiary alicyclic amines) is 3. The summed E-state index contributed by atoms with van der Waals surface area (Å²) in [5, 5.41) is 14.1. The molecule has 12 heterocycles. The molecular weight excluding hydrogens is 1040 g/mol. The fourth-order valence-electron chi connectivity index (χ4n) is 10.9. The minimum Gasteiger partial charge on any atom is -0.379 e. The van der Waals surface area contributed by atoms with Gasteiger partial charge in [0.1, 0.15) is 22.8 Å². The maximum atomic E-state index is 12.2. The number of rotatable bonds is 12. The van der Waals surface area contributed by atoms with E-state index in [1.165, 1.54) is 0 Å². The highest BCUT2D eigenvalue weighted by Gasteiger charge is 2.28. The van der Waals surface area contributed by atoms with Crippen LogP contribution in [0, 0.1) is 44.0 Å². The van der Waals surface area contributed by atoms with E-state index in [1.807, 2.05) is 112 Å². The number of thiazole rings is 1. The van der Waals surface area contributed by atoms with Crippen molar-refractivity contribution in [2.24, 2.45) is 7.05 Å². The summed E-state index contributed by atoms with van der Waals surface area (Å²) in [6.45, 7) is 6.32. The number of aryl methyl sites for hydroxylation is 2. The molecule has 3 amide bonds. The molecule has 12 rings (SSSR count). The fraction of sp³-hybridized carbons (Fsp3) is 0.328. The van der Waals surface area contributed by atoms with Crippen LogP contribution in [0.25, 0.3) is 66.2 Å². The number of aromatic amines is 3. The maximum absolute atomic E-state index is 12.2. The normalized spacial score (nSPS) is 17.0. The summed E-state index contributed by atoms with van der Waals surface area (Å²) in [6.07, 6.45) is 40.8. The highest BCUT2D eigenvalue weighted by atomic mass is 32.1. The van der Waals surface area contributed by atoms with Crippen molar-refractivity contribution >= 4 is 79.2 Å². The van der Waals surface area contributed by atoms with Crippen LogP contribution in [-0.2, 0) is 21.4 Å². The number of fused-ring (bicyclic) bond motifs is 3. The number of aromatic nitrogens is 10. The van der Waals surface area contributed by atoms with Gasteiger partial charge in [0.05, 0.1) is 58.0 Å². The molecule has 0 spiro atoms. The number of nitrogens with one attached hydrogen (secondary N) is 6. The number of piperidine rings is 3. The lowest BCUT2D eigenvalue weighted by Gasteiger charge is -2.34. The summed E-state index contributed by atoms with van der Waals surface area (Å²) in [5.74, 6) is 8.28.